The van der Waals surface area contributed by atoms with Gasteiger partial charge >= 0.3 is 0 Å². The highest BCUT2D eigenvalue weighted by molar-refractivity contribution is 7.08. The smallest absolute Gasteiger partial charge is 0.0826 e. The third-order valence-electron chi connectivity index (χ3n) is 7.64. The van der Waals surface area contributed by atoms with E-state index in [0.29, 0.717) is 0 Å². The molecule has 4 heterocycles. The summed E-state index contributed by atoms with van der Waals surface area (Å²) in [4.78, 5) is 18.4. The minimum absolute atomic E-state index is 0.939. The maximum atomic E-state index is 4.68. The van der Waals surface area contributed by atoms with Gasteiger partial charge in [0.2, 0.25) is 0 Å². The molecule has 0 bridgehead atoms. The SMILES string of the molecule is c1ccc(-c2ccc3c(-c4cncc(-c5cscn5)c4)c4ccccc4c(-c4cncc(-c5cscn5)c4)c3c2)cc1. The van der Waals surface area contributed by atoms with Gasteiger partial charge in [-0.25, -0.2) is 9.97 Å². The summed E-state index contributed by atoms with van der Waals surface area (Å²) in [5, 5.41) is 8.80. The van der Waals surface area contributed by atoms with Crippen LogP contribution in [0.4, 0.5) is 0 Å². The van der Waals surface area contributed by atoms with E-state index in [0.717, 1.165) is 44.8 Å². The molecular formula is C36H22N4S2. The molecule has 0 aliphatic rings. The topological polar surface area (TPSA) is 51.6 Å². The van der Waals surface area contributed by atoms with Crippen LogP contribution in [0.15, 0.2) is 131 Å². The lowest BCUT2D eigenvalue weighted by Gasteiger charge is -2.19. The van der Waals surface area contributed by atoms with Gasteiger partial charge in [-0.2, -0.15) is 0 Å². The van der Waals surface area contributed by atoms with Crippen molar-refractivity contribution in [3.8, 4) is 55.9 Å². The van der Waals surface area contributed by atoms with E-state index in [1.54, 1.807) is 22.7 Å². The molecule has 6 heteroatoms. The monoisotopic (exact) mass is 574 g/mol. The highest BCUT2D eigenvalue weighted by Gasteiger charge is 2.19. The van der Waals surface area contributed by atoms with Crippen LogP contribution in [0.3, 0.4) is 0 Å². The molecule has 0 N–H and O–H groups in total. The van der Waals surface area contributed by atoms with Gasteiger partial charge in [0.1, 0.15) is 0 Å². The number of thiazole rings is 2. The Balaban J connectivity index is 1.47. The van der Waals surface area contributed by atoms with Gasteiger partial charge in [0.25, 0.3) is 0 Å². The van der Waals surface area contributed by atoms with Crippen LogP contribution in [0.25, 0.3) is 77.4 Å². The predicted octanol–water partition coefficient (Wildman–Crippen LogP) is 10.0. The van der Waals surface area contributed by atoms with E-state index in [4.69, 9.17) is 0 Å². The van der Waals surface area contributed by atoms with Crippen molar-refractivity contribution in [3.05, 3.63) is 131 Å². The van der Waals surface area contributed by atoms with Crippen LogP contribution in [-0.2, 0) is 0 Å². The Hall–Kier alpha value is -5.04. The molecule has 0 fully saturated rings. The molecule has 0 radical (unpaired) electrons. The Bertz CT molecular complexity index is 2190. The van der Waals surface area contributed by atoms with Crippen molar-refractivity contribution in [1.82, 2.24) is 19.9 Å². The van der Waals surface area contributed by atoms with E-state index < -0.39 is 0 Å². The molecule has 8 aromatic rings. The Morgan fingerprint density at radius 1 is 0.405 bits per heavy atom. The maximum Gasteiger partial charge on any atom is 0.0826 e. The van der Waals surface area contributed by atoms with E-state index in [9.17, 15) is 0 Å². The molecule has 4 nitrogen and oxygen atoms in total. The van der Waals surface area contributed by atoms with Crippen LogP contribution < -0.4 is 0 Å². The second-order valence-electron chi connectivity index (χ2n) is 10.1. The molecule has 4 aromatic heterocycles. The van der Waals surface area contributed by atoms with Crippen molar-refractivity contribution in [2.75, 3.05) is 0 Å². The normalized spacial score (nSPS) is 11.3. The van der Waals surface area contributed by atoms with E-state index >= 15 is 0 Å². The number of benzene rings is 4. The zero-order chi connectivity index (χ0) is 27.9. The number of fused-ring (bicyclic) bond motifs is 2. The first-order valence-corrected chi connectivity index (χ1v) is 15.4. The predicted molar refractivity (Wildman–Crippen MR) is 176 cm³/mol. The van der Waals surface area contributed by atoms with Crippen molar-refractivity contribution in [2.45, 2.75) is 0 Å². The lowest BCUT2D eigenvalue weighted by atomic mass is 9.85. The standard InChI is InChI=1S/C36H22N4S2/c1-2-6-23(7-3-1)24-10-11-31-32(14-24)36(28-13-26(16-38-18-28)34-20-42-22-40-34)30-9-5-4-8-29(30)35(31)27-12-25(15-37-17-27)33-19-41-21-39-33/h1-22H. The number of hydrogen-bond donors (Lipinski definition) is 0. The highest BCUT2D eigenvalue weighted by Crippen LogP contribution is 2.45. The molecule has 0 saturated heterocycles. The Morgan fingerprint density at radius 2 is 0.929 bits per heavy atom. The molecule has 42 heavy (non-hydrogen) atoms. The van der Waals surface area contributed by atoms with Crippen molar-refractivity contribution in [3.63, 3.8) is 0 Å². The van der Waals surface area contributed by atoms with Gasteiger partial charge in [-0.15, -0.1) is 22.7 Å². The Labute approximate surface area is 250 Å². The largest absolute Gasteiger partial charge is 0.263 e. The summed E-state index contributed by atoms with van der Waals surface area (Å²) >= 11 is 3.18. The molecule has 4 aromatic carbocycles. The van der Waals surface area contributed by atoms with Crippen molar-refractivity contribution < 1.29 is 0 Å². The van der Waals surface area contributed by atoms with E-state index in [1.807, 2.05) is 35.8 Å². The van der Waals surface area contributed by atoms with Gasteiger partial charge < -0.3 is 0 Å². The zero-order valence-corrected chi connectivity index (χ0v) is 23.9. The Kier molecular flexibility index (Phi) is 6.13. The first kappa shape index (κ1) is 24.7. The molecule has 0 spiro atoms. The van der Waals surface area contributed by atoms with Gasteiger partial charge in [-0.3, -0.25) is 9.97 Å². The summed E-state index contributed by atoms with van der Waals surface area (Å²) in [7, 11) is 0. The zero-order valence-electron chi connectivity index (χ0n) is 22.3. The third kappa shape index (κ3) is 4.29. The summed E-state index contributed by atoms with van der Waals surface area (Å²) in [5.41, 5.74) is 14.4. The lowest BCUT2D eigenvalue weighted by Crippen LogP contribution is -1.93. The number of hydrogen-bond acceptors (Lipinski definition) is 6. The average Bonchev–Trinajstić information content (AvgIpc) is 3.80. The molecule has 0 aliphatic carbocycles. The first-order chi connectivity index (χ1) is 20.8. The number of aromatic nitrogens is 4. The maximum absolute atomic E-state index is 4.68. The van der Waals surface area contributed by atoms with Crippen molar-refractivity contribution in [2.24, 2.45) is 0 Å². The molecule has 0 saturated carbocycles. The summed E-state index contributed by atoms with van der Waals surface area (Å²) in [5.74, 6) is 0. The van der Waals surface area contributed by atoms with Crippen LogP contribution in [0.2, 0.25) is 0 Å². The summed E-state index contributed by atoms with van der Waals surface area (Å²) in [6.45, 7) is 0. The van der Waals surface area contributed by atoms with Gasteiger partial charge in [0.15, 0.2) is 0 Å². The highest BCUT2D eigenvalue weighted by atomic mass is 32.1. The average molecular weight is 575 g/mol. The van der Waals surface area contributed by atoms with Crippen LogP contribution in [-0.4, -0.2) is 19.9 Å². The molecule has 198 valence electrons. The fourth-order valence-corrected chi connectivity index (χ4v) is 6.88. The molecule has 8 rings (SSSR count). The summed E-state index contributed by atoms with van der Waals surface area (Å²) in [6.07, 6.45) is 7.71. The quantitative estimate of drug-likeness (QED) is 0.192. The second-order valence-corrected chi connectivity index (χ2v) is 11.5. The van der Waals surface area contributed by atoms with Crippen LogP contribution in [0.5, 0.6) is 0 Å². The molecule has 0 unspecified atom stereocenters. The van der Waals surface area contributed by atoms with Gasteiger partial charge in [-0.05, 0) is 62.0 Å². The second kappa shape index (κ2) is 10.4. The van der Waals surface area contributed by atoms with Crippen molar-refractivity contribution in [1.29, 1.82) is 0 Å². The van der Waals surface area contributed by atoms with E-state index in [2.05, 4.69) is 116 Å². The summed E-state index contributed by atoms with van der Waals surface area (Å²) < 4.78 is 0. The molecule has 0 amide bonds. The first-order valence-electron chi connectivity index (χ1n) is 13.6. The fraction of sp³-hybridized carbons (Fsp3) is 0. The number of pyridine rings is 2. The minimum atomic E-state index is 0.939. The van der Waals surface area contributed by atoms with Gasteiger partial charge in [-0.1, -0.05) is 66.7 Å². The van der Waals surface area contributed by atoms with Crippen LogP contribution >= 0.6 is 22.7 Å². The van der Waals surface area contributed by atoms with Gasteiger partial charge in [0, 0.05) is 57.8 Å². The van der Waals surface area contributed by atoms with E-state index in [1.165, 1.54) is 32.7 Å². The fourth-order valence-electron chi connectivity index (χ4n) is 5.75. The minimum Gasteiger partial charge on any atom is -0.263 e. The van der Waals surface area contributed by atoms with Crippen molar-refractivity contribution >= 4 is 44.2 Å². The third-order valence-corrected chi connectivity index (χ3v) is 8.81. The lowest BCUT2D eigenvalue weighted by molar-refractivity contribution is 1.31. The number of nitrogens with zero attached hydrogens (tertiary/aromatic N) is 4. The van der Waals surface area contributed by atoms with Crippen LogP contribution in [0, 0.1) is 0 Å². The van der Waals surface area contributed by atoms with Crippen LogP contribution in [0.1, 0.15) is 0 Å². The van der Waals surface area contributed by atoms with Gasteiger partial charge in [0.05, 0.1) is 22.4 Å². The molecule has 0 aliphatic heterocycles. The molecule has 0 atom stereocenters. The van der Waals surface area contributed by atoms with E-state index in [-0.39, 0.29) is 0 Å². The summed E-state index contributed by atoms with van der Waals surface area (Å²) in [6, 6.07) is 30.4. The Morgan fingerprint density at radius 3 is 1.50 bits per heavy atom. The molecular weight excluding hydrogens is 553 g/mol. The number of rotatable bonds is 5.